The van der Waals surface area contributed by atoms with E-state index in [-0.39, 0.29) is 0 Å². The molecule has 0 nitrogen and oxygen atoms in total. The Morgan fingerprint density at radius 3 is 1.50 bits per heavy atom. The second kappa shape index (κ2) is 2.74. The van der Waals surface area contributed by atoms with Crippen LogP contribution in [0.3, 0.4) is 0 Å². The number of hydrogen-bond donors (Lipinski definition) is 0. The first-order chi connectivity index (χ1) is 2.56. The molecule has 0 rings (SSSR count). The second-order valence-electron chi connectivity index (χ2n) is 2.69. The first-order valence-electron chi connectivity index (χ1n) is 2.12. The fourth-order valence-electron chi connectivity index (χ4n) is 0. The van der Waals surface area contributed by atoms with Crippen molar-refractivity contribution in [2.24, 2.45) is 0 Å². The zero-order valence-corrected chi connectivity index (χ0v) is 9.60. The fraction of sp³-hybridized carbons (Fsp3) is 1.00. The van der Waals surface area contributed by atoms with Crippen LogP contribution in [0.5, 0.6) is 0 Å². The maximum atomic E-state index is 2.49. The Bertz CT molecular complexity index is 37.3. The van der Waals surface area contributed by atoms with Crippen LogP contribution in [0, 0.1) is 0 Å². The molecule has 0 fully saturated rings. The average Bonchev–Trinajstić information content (AvgIpc) is 1.35. The Balaban J connectivity index is 3.17. The first kappa shape index (κ1) is 7.53. The van der Waals surface area contributed by atoms with Gasteiger partial charge in [0.25, 0.3) is 0 Å². The van der Waals surface area contributed by atoms with Crippen molar-refractivity contribution >= 4 is 41.0 Å². The minimum absolute atomic E-state index is 1.24. The molecule has 0 radical (unpaired) electrons. The normalized spacial score (nSPS) is 12.0. The van der Waals surface area contributed by atoms with Gasteiger partial charge in [-0.3, -0.25) is 0 Å². The molecule has 6 heavy (non-hydrogen) atoms. The van der Waals surface area contributed by atoms with E-state index in [1.807, 2.05) is 0 Å². The van der Waals surface area contributed by atoms with Gasteiger partial charge in [0.1, 0.15) is 0 Å². The molecular weight excluding hydrogens is 294 g/mol. The number of hydrogen-bond acceptors (Lipinski definition) is 0. The summed E-state index contributed by atoms with van der Waals surface area (Å²) < 4.78 is 1.45. The van der Waals surface area contributed by atoms with Gasteiger partial charge in [-0.2, -0.15) is 0 Å². The molecule has 38 valence electrons. The number of alkyl halides is 1. The van der Waals surface area contributed by atoms with Gasteiger partial charge in [-0.05, 0) is 0 Å². The molecule has 0 atom stereocenters. The third-order valence-electron chi connectivity index (χ3n) is 0.401. The summed E-state index contributed by atoms with van der Waals surface area (Å²) in [5.41, 5.74) is 0. The van der Waals surface area contributed by atoms with Gasteiger partial charge in [0, 0.05) is 0 Å². The molecule has 0 aromatic rings. The third kappa shape index (κ3) is 5.53. The first-order valence-corrected chi connectivity index (χ1v) is 14.2. The van der Waals surface area contributed by atoms with Crippen molar-refractivity contribution < 1.29 is 0 Å². The van der Waals surface area contributed by atoms with Crippen molar-refractivity contribution in [1.29, 1.82) is 0 Å². The summed E-state index contributed by atoms with van der Waals surface area (Å²) in [5, 5.41) is 0. The van der Waals surface area contributed by atoms with E-state index in [1.54, 1.807) is 0 Å². The van der Waals surface area contributed by atoms with E-state index in [1.165, 1.54) is 2.44 Å². The molecule has 0 aliphatic heterocycles. The van der Waals surface area contributed by atoms with E-state index < -0.39 is 18.4 Å². The summed E-state index contributed by atoms with van der Waals surface area (Å²) in [5.74, 6) is 0. The Kier molecular flexibility index (Phi) is 3.44. The molecule has 0 amide bonds. The van der Waals surface area contributed by atoms with Gasteiger partial charge in [0.2, 0.25) is 0 Å². The van der Waals surface area contributed by atoms with Crippen LogP contribution in [-0.4, -0.2) is 20.8 Å². The Morgan fingerprint density at radius 1 is 1.33 bits per heavy atom. The fourth-order valence-corrected chi connectivity index (χ4v) is 0. The molecular formula is C4H11ISn. The Morgan fingerprint density at radius 2 is 1.50 bits per heavy atom. The number of rotatable bonds is 1. The molecule has 0 saturated carbocycles. The topological polar surface area (TPSA) is 0 Å². The third-order valence-corrected chi connectivity index (χ3v) is 18.0. The predicted molar refractivity (Wildman–Crippen MR) is 42.2 cm³/mol. The molecule has 0 bridgehead atoms. The van der Waals surface area contributed by atoms with Gasteiger partial charge >= 0.3 is 58.2 Å². The summed E-state index contributed by atoms with van der Waals surface area (Å²) in [6.45, 7) is 0. The van der Waals surface area contributed by atoms with E-state index in [9.17, 15) is 0 Å². The van der Waals surface area contributed by atoms with Crippen LogP contribution in [0.4, 0.5) is 0 Å². The summed E-state index contributed by atoms with van der Waals surface area (Å²) in [7, 11) is 0. The van der Waals surface area contributed by atoms with Crippen LogP contribution >= 0.6 is 22.6 Å². The SMILES string of the molecule is [CH3][Sn]([CH3])([CH3])[CH2]I. The van der Waals surface area contributed by atoms with Gasteiger partial charge in [0.05, 0.1) is 0 Å². The Labute approximate surface area is 57.7 Å². The average molecular weight is 305 g/mol. The molecule has 0 aromatic carbocycles. The Hall–Kier alpha value is 1.53. The number of halogens is 1. The second-order valence-corrected chi connectivity index (χ2v) is 23.2. The van der Waals surface area contributed by atoms with Crippen molar-refractivity contribution in [2.45, 2.75) is 14.8 Å². The van der Waals surface area contributed by atoms with Crippen molar-refractivity contribution in [2.75, 3.05) is 2.44 Å². The maximum absolute atomic E-state index is 2.49. The molecule has 0 aromatic heterocycles. The van der Waals surface area contributed by atoms with E-state index in [0.29, 0.717) is 0 Å². The minimum atomic E-state index is -1.24. The van der Waals surface area contributed by atoms with Crippen LogP contribution in [0.25, 0.3) is 0 Å². The van der Waals surface area contributed by atoms with Crippen LogP contribution in [0.1, 0.15) is 0 Å². The van der Waals surface area contributed by atoms with Gasteiger partial charge in [-0.1, -0.05) is 0 Å². The predicted octanol–water partition coefficient (Wildman–Crippen LogP) is 2.30. The molecule has 0 saturated heterocycles. The van der Waals surface area contributed by atoms with E-state index in [4.69, 9.17) is 0 Å². The van der Waals surface area contributed by atoms with Crippen molar-refractivity contribution in [3.8, 4) is 0 Å². The van der Waals surface area contributed by atoms with Crippen LogP contribution < -0.4 is 0 Å². The van der Waals surface area contributed by atoms with Gasteiger partial charge < -0.3 is 0 Å². The zero-order valence-electron chi connectivity index (χ0n) is 4.59. The monoisotopic (exact) mass is 306 g/mol. The molecule has 0 spiro atoms. The van der Waals surface area contributed by atoms with E-state index >= 15 is 0 Å². The quantitative estimate of drug-likeness (QED) is 0.396. The summed E-state index contributed by atoms with van der Waals surface area (Å²) in [6.07, 6.45) is 0. The van der Waals surface area contributed by atoms with Crippen molar-refractivity contribution in [3.05, 3.63) is 0 Å². The summed E-state index contributed by atoms with van der Waals surface area (Å²) >= 11 is 1.24. The van der Waals surface area contributed by atoms with Crippen LogP contribution in [0.15, 0.2) is 0 Å². The van der Waals surface area contributed by atoms with Crippen LogP contribution in [0.2, 0.25) is 14.8 Å². The molecule has 0 heterocycles. The van der Waals surface area contributed by atoms with Crippen LogP contribution in [-0.2, 0) is 0 Å². The van der Waals surface area contributed by atoms with E-state index in [0.717, 1.165) is 0 Å². The van der Waals surface area contributed by atoms with Gasteiger partial charge in [-0.25, -0.2) is 0 Å². The molecule has 0 unspecified atom stereocenters. The van der Waals surface area contributed by atoms with Crippen molar-refractivity contribution in [3.63, 3.8) is 0 Å². The zero-order chi connectivity index (χ0) is 5.21. The summed E-state index contributed by atoms with van der Waals surface area (Å²) in [4.78, 5) is 7.34. The molecule has 2 heteroatoms. The molecule has 0 aliphatic carbocycles. The summed E-state index contributed by atoms with van der Waals surface area (Å²) in [6, 6.07) is 0. The van der Waals surface area contributed by atoms with E-state index in [2.05, 4.69) is 37.4 Å². The molecule has 0 N–H and O–H groups in total. The van der Waals surface area contributed by atoms with Gasteiger partial charge in [0.15, 0.2) is 0 Å². The van der Waals surface area contributed by atoms with Crippen molar-refractivity contribution in [1.82, 2.24) is 0 Å². The van der Waals surface area contributed by atoms with Gasteiger partial charge in [-0.15, -0.1) is 0 Å². The molecule has 0 aliphatic rings. The standard InChI is InChI=1S/CH2I.3CH3.Sn/c1-2;;;;/h1H2;3*1H3;.